The van der Waals surface area contributed by atoms with Crippen LogP contribution in [-0.4, -0.2) is 21.4 Å². The highest BCUT2D eigenvalue weighted by atomic mass is 16.5. The molecule has 0 unspecified atom stereocenters. The van der Waals surface area contributed by atoms with Crippen molar-refractivity contribution in [2.24, 2.45) is 0 Å². The van der Waals surface area contributed by atoms with E-state index in [1.54, 1.807) is 60.7 Å². The van der Waals surface area contributed by atoms with E-state index in [1.165, 1.54) is 10.9 Å². The number of aryl methyl sites for hydroxylation is 1. The summed E-state index contributed by atoms with van der Waals surface area (Å²) in [6.45, 7) is 1.77. The largest absolute Gasteiger partial charge is 0.423 e. The Hall–Kier alpha value is -4.26. The number of fused-ring (bicyclic) bond motifs is 1. The average molecular weight is 413 g/mol. The number of nitrogens with one attached hydrogen (secondary N) is 1. The van der Waals surface area contributed by atoms with E-state index in [4.69, 9.17) is 4.74 Å². The van der Waals surface area contributed by atoms with E-state index in [0.717, 1.165) is 5.56 Å². The predicted octanol–water partition coefficient (Wildman–Crippen LogP) is 3.56. The third-order valence-corrected chi connectivity index (χ3v) is 4.68. The summed E-state index contributed by atoms with van der Waals surface area (Å²) in [5, 5.41) is 3.17. The molecule has 4 rings (SSSR count). The normalized spacial score (nSPS) is 10.6. The molecule has 1 aromatic heterocycles. The zero-order chi connectivity index (χ0) is 21.8. The molecule has 0 aliphatic rings. The van der Waals surface area contributed by atoms with Crippen LogP contribution in [0.5, 0.6) is 5.75 Å². The topological polar surface area (TPSA) is 90.3 Å². The number of aromatic nitrogens is 2. The Bertz CT molecular complexity index is 1310. The van der Waals surface area contributed by atoms with Crippen LogP contribution in [0.15, 0.2) is 83.9 Å². The summed E-state index contributed by atoms with van der Waals surface area (Å²) in [5.74, 6) is -0.470. The van der Waals surface area contributed by atoms with Crippen molar-refractivity contribution in [1.29, 1.82) is 0 Å². The van der Waals surface area contributed by atoms with Gasteiger partial charge in [0, 0.05) is 5.69 Å². The van der Waals surface area contributed by atoms with Crippen LogP contribution < -0.4 is 15.6 Å². The third-order valence-electron chi connectivity index (χ3n) is 4.68. The zero-order valence-electron chi connectivity index (χ0n) is 16.7. The lowest BCUT2D eigenvalue weighted by Gasteiger charge is -2.09. The molecule has 1 N–H and O–H groups in total. The Morgan fingerprint density at radius 2 is 1.68 bits per heavy atom. The molecule has 0 radical (unpaired) electrons. The molecule has 7 heteroatoms. The van der Waals surface area contributed by atoms with Gasteiger partial charge >= 0.3 is 5.97 Å². The van der Waals surface area contributed by atoms with E-state index in [2.05, 4.69) is 10.3 Å². The number of nitrogens with zero attached hydrogens (tertiary/aromatic N) is 2. The number of amides is 1. The number of carbonyl (C=O) groups is 2. The predicted molar refractivity (Wildman–Crippen MR) is 117 cm³/mol. The highest BCUT2D eigenvalue weighted by molar-refractivity contribution is 5.92. The summed E-state index contributed by atoms with van der Waals surface area (Å²) in [6.07, 6.45) is 1.36. The summed E-state index contributed by atoms with van der Waals surface area (Å²) in [5.41, 5.74) is 2.33. The van der Waals surface area contributed by atoms with Crippen LogP contribution in [0.2, 0.25) is 0 Å². The maximum atomic E-state index is 12.5. The van der Waals surface area contributed by atoms with Gasteiger partial charge in [-0.1, -0.05) is 29.8 Å². The van der Waals surface area contributed by atoms with E-state index in [-0.39, 0.29) is 18.0 Å². The van der Waals surface area contributed by atoms with Gasteiger partial charge in [0.05, 0.1) is 22.8 Å². The zero-order valence-corrected chi connectivity index (χ0v) is 16.7. The molecule has 3 aromatic carbocycles. The van der Waals surface area contributed by atoms with Crippen molar-refractivity contribution in [3.63, 3.8) is 0 Å². The second-order valence-corrected chi connectivity index (χ2v) is 7.02. The lowest BCUT2D eigenvalue weighted by molar-refractivity contribution is -0.116. The molecule has 0 aliphatic carbocycles. The number of esters is 1. The van der Waals surface area contributed by atoms with Crippen LogP contribution in [0.3, 0.4) is 0 Å². The number of hydrogen-bond acceptors (Lipinski definition) is 5. The van der Waals surface area contributed by atoms with Crippen molar-refractivity contribution >= 4 is 28.5 Å². The number of hydrogen-bond donors (Lipinski definition) is 1. The Labute approximate surface area is 177 Å². The van der Waals surface area contributed by atoms with Crippen molar-refractivity contribution in [3.05, 3.63) is 101 Å². The molecule has 1 amide bonds. The number of para-hydroxylation sites is 1. The van der Waals surface area contributed by atoms with Crippen molar-refractivity contribution in [2.45, 2.75) is 13.5 Å². The van der Waals surface area contributed by atoms with Crippen LogP contribution in [0.1, 0.15) is 15.9 Å². The molecule has 0 saturated heterocycles. The minimum absolute atomic E-state index is 0.166. The first-order valence-corrected chi connectivity index (χ1v) is 9.62. The molecule has 0 spiro atoms. The summed E-state index contributed by atoms with van der Waals surface area (Å²) in [7, 11) is 0. The monoisotopic (exact) mass is 413 g/mol. The van der Waals surface area contributed by atoms with Crippen molar-refractivity contribution in [1.82, 2.24) is 9.55 Å². The SMILES string of the molecule is Cc1ccc(C(=O)Oc2ccc(NC(=O)Cn3cnc4ccccc4c3=O)cc2)cc1. The Kier molecular flexibility index (Phi) is 5.57. The number of carbonyl (C=O) groups excluding carboxylic acids is 2. The van der Waals surface area contributed by atoms with Crippen molar-refractivity contribution in [3.8, 4) is 5.75 Å². The first-order valence-electron chi connectivity index (χ1n) is 9.62. The lowest BCUT2D eigenvalue weighted by atomic mass is 10.1. The first kappa shape index (κ1) is 20.0. The average Bonchev–Trinajstić information content (AvgIpc) is 2.77. The number of benzene rings is 3. The summed E-state index contributed by atoms with van der Waals surface area (Å²) < 4.78 is 6.61. The quantitative estimate of drug-likeness (QED) is 0.399. The van der Waals surface area contributed by atoms with Gasteiger partial charge < -0.3 is 10.1 Å². The van der Waals surface area contributed by atoms with Gasteiger partial charge in [-0.2, -0.15) is 0 Å². The minimum Gasteiger partial charge on any atom is -0.423 e. The Morgan fingerprint density at radius 3 is 2.42 bits per heavy atom. The maximum absolute atomic E-state index is 12.5. The molecule has 1 heterocycles. The molecular formula is C24H19N3O4. The van der Waals surface area contributed by atoms with Crippen LogP contribution >= 0.6 is 0 Å². The molecular weight excluding hydrogens is 394 g/mol. The number of anilines is 1. The maximum Gasteiger partial charge on any atom is 0.343 e. The second kappa shape index (κ2) is 8.62. The molecule has 4 aromatic rings. The van der Waals surface area contributed by atoms with Gasteiger partial charge in [-0.25, -0.2) is 9.78 Å². The summed E-state index contributed by atoms with van der Waals surface area (Å²) >= 11 is 0. The van der Waals surface area contributed by atoms with E-state index in [9.17, 15) is 14.4 Å². The molecule has 0 fully saturated rings. The Morgan fingerprint density at radius 1 is 0.968 bits per heavy atom. The van der Waals surface area contributed by atoms with Crippen LogP contribution in [0.4, 0.5) is 5.69 Å². The number of rotatable bonds is 5. The fraction of sp³-hybridized carbons (Fsp3) is 0.0833. The molecule has 0 aliphatic heterocycles. The molecule has 0 atom stereocenters. The minimum atomic E-state index is -0.458. The van der Waals surface area contributed by atoms with Gasteiger partial charge in [-0.3, -0.25) is 14.2 Å². The van der Waals surface area contributed by atoms with Crippen LogP contribution in [0.25, 0.3) is 10.9 Å². The molecule has 0 bridgehead atoms. The molecule has 7 nitrogen and oxygen atoms in total. The molecule has 0 saturated carbocycles. The van der Waals surface area contributed by atoms with Gasteiger partial charge in [-0.15, -0.1) is 0 Å². The standard InChI is InChI=1S/C24H19N3O4/c1-16-6-8-17(9-7-16)24(30)31-19-12-10-18(11-13-19)26-22(28)14-27-15-25-21-5-3-2-4-20(21)23(27)29/h2-13,15H,14H2,1H3,(H,26,28). The van der Waals surface area contributed by atoms with E-state index in [0.29, 0.717) is 27.9 Å². The smallest absolute Gasteiger partial charge is 0.343 e. The van der Waals surface area contributed by atoms with Crippen LogP contribution in [-0.2, 0) is 11.3 Å². The van der Waals surface area contributed by atoms with Gasteiger partial charge in [0.15, 0.2) is 0 Å². The van der Waals surface area contributed by atoms with Crippen LogP contribution in [0, 0.1) is 6.92 Å². The van der Waals surface area contributed by atoms with Gasteiger partial charge in [-0.05, 0) is 55.5 Å². The van der Waals surface area contributed by atoms with Gasteiger partial charge in [0.1, 0.15) is 12.3 Å². The highest BCUT2D eigenvalue weighted by Crippen LogP contribution is 2.17. The van der Waals surface area contributed by atoms with Crippen molar-refractivity contribution in [2.75, 3.05) is 5.32 Å². The highest BCUT2D eigenvalue weighted by Gasteiger charge is 2.10. The lowest BCUT2D eigenvalue weighted by Crippen LogP contribution is -2.27. The van der Waals surface area contributed by atoms with Gasteiger partial charge in [0.25, 0.3) is 5.56 Å². The number of ether oxygens (including phenoxy) is 1. The summed E-state index contributed by atoms with van der Waals surface area (Å²) in [6, 6.07) is 20.5. The second-order valence-electron chi connectivity index (χ2n) is 7.02. The van der Waals surface area contributed by atoms with Gasteiger partial charge in [0.2, 0.25) is 5.91 Å². The fourth-order valence-corrected chi connectivity index (χ4v) is 3.04. The van der Waals surface area contributed by atoms with E-state index < -0.39 is 5.97 Å². The summed E-state index contributed by atoms with van der Waals surface area (Å²) in [4.78, 5) is 41.2. The molecule has 154 valence electrons. The Balaban J connectivity index is 1.39. The first-order chi connectivity index (χ1) is 15.0. The van der Waals surface area contributed by atoms with E-state index >= 15 is 0 Å². The van der Waals surface area contributed by atoms with E-state index in [1.807, 2.05) is 19.1 Å². The molecule has 31 heavy (non-hydrogen) atoms. The van der Waals surface area contributed by atoms with Crippen molar-refractivity contribution < 1.29 is 14.3 Å². The third kappa shape index (κ3) is 4.67. The fourth-order valence-electron chi connectivity index (χ4n) is 3.04.